The molecule has 0 radical (unpaired) electrons. The summed E-state index contributed by atoms with van der Waals surface area (Å²) in [5.41, 5.74) is -0.917. The SMILES string of the molecule is CC(=O)N(C(C)C)C1(C(=O)O)CCC1. The lowest BCUT2D eigenvalue weighted by Crippen LogP contribution is -2.62. The van der Waals surface area contributed by atoms with E-state index in [4.69, 9.17) is 5.11 Å². The largest absolute Gasteiger partial charge is 0.479 e. The quantitative estimate of drug-likeness (QED) is 0.744. The highest BCUT2D eigenvalue weighted by atomic mass is 16.4. The van der Waals surface area contributed by atoms with E-state index in [-0.39, 0.29) is 11.9 Å². The van der Waals surface area contributed by atoms with Gasteiger partial charge in [0.25, 0.3) is 0 Å². The first-order valence-electron chi connectivity index (χ1n) is 4.95. The van der Waals surface area contributed by atoms with Crippen LogP contribution in [0.2, 0.25) is 0 Å². The van der Waals surface area contributed by atoms with Gasteiger partial charge < -0.3 is 10.0 Å². The number of aliphatic carboxylic acids is 1. The maximum absolute atomic E-state index is 11.4. The molecule has 0 heterocycles. The van der Waals surface area contributed by atoms with Crippen LogP contribution in [-0.4, -0.2) is 33.5 Å². The molecule has 0 bridgehead atoms. The number of nitrogens with zero attached hydrogens (tertiary/aromatic N) is 1. The molecule has 1 aliphatic carbocycles. The Labute approximate surface area is 83.9 Å². The number of rotatable bonds is 3. The van der Waals surface area contributed by atoms with Gasteiger partial charge in [-0.25, -0.2) is 4.79 Å². The van der Waals surface area contributed by atoms with Gasteiger partial charge in [-0.2, -0.15) is 0 Å². The summed E-state index contributed by atoms with van der Waals surface area (Å²) in [5.74, 6) is -1.02. The van der Waals surface area contributed by atoms with Crippen LogP contribution >= 0.6 is 0 Å². The topological polar surface area (TPSA) is 57.6 Å². The fourth-order valence-corrected chi connectivity index (χ4v) is 2.23. The molecule has 0 spiro atoms. The number of hydrogen-bond acceptors (Lipinski definition) is 2. The Kier molecular flexibility index (Phi) is 2.83. The van der Waals surface area contributed by atoms with E-state index in [0.29, 0.717) is 12.8 Å². The number of carboxylic acid groups (broad SMARTS) is 1. The van der Waals surface area contributed by atoms with Crippen molar-refractivity contribution in [3.63, 3.8) is 0 Å². The molecule has 0 aliphatic heterocycles. The third kappa shape index (κ3) is 1.49. The van der Waals surface area contributed by atoms with E-state index in [2.05, 4.69) is 0 Å². The van der Waals surface area contributed by atoms with Gasteiger partial charge in [0.15, 0.2) is 0 Å². The molecular weight excluding hydrogens is 182 g/mol. The fourth-order valence-electron chi connectivity index (χ4n) is 2.23. The van der Waals surface area contributed by atoms with Gasteiger partial charge in [-0.15, -0.1) is 0 Å². The molecule has 1 aliphatic rings. The lowest BCUT2D eigenvalue weighted by molar-refractivity contribution is -0.168. The van der Waals surface area contributed by atoms with E-state index < -0.39 is 11.5 Å². The van der Waals surface area contributed by atoms with Crippen molar-refractivity contribution < 1.29 is 14.7 Å². The standard InChI is InChI=1S/C10H17NO3/c1-7(2)11(8(3)12)10(9(13)14)5-4-6-10/h7H,4-6H2,1-3H3,(H,13,14). The summed E-state index contributed by atoms with van der Waals surface area (Å²) in [4.78, 5) is 24.1. The van der Waals surface area contributed by atoms with Crippen molar-refractivity contribution in [2.75, 3.05) is 0 Å². The van der Waals surface area contributed by atoms with Crippen LogP contribution in [0.25, 0.3) is 0 Å². The molecule has 4 nitrogen and oxygen atoms in total. The van der Waals surface area contributed by atoms with Gasteiger partial charge in [-0.3, -0.25) is 4.79 Å². The Balaban J connectivity index is 2.95. The molecule has 0 unspecified atom stereocenters. The molecule has 1 fully saturated rings. The van der Waals surface area contributed by atoms with E-state index in [1.165, 1.54) is 11.8 Å². The highest BCUT2D eigenvalue weighted by Gasteiger charge is 2.51. The lowest BCUT2D eigenvalue weighted by atomic mass is 9.74. The second-order valence-electron chi connectivity index (χ2n) is 4.17. The van der Waals surface area contributed by atoms with Gasteiger partial charge in [0.2, 0.25) is 5.91 Å². The second kappa shape index (κ2) is 3.59. The minimum atomic E-state index is -0.917. The van der Waals surface area contributed by atoms with Crippen molar-refractivity contribution in [3.05, 3.63) is 0 Å². The first-order chi connectivity index (χ1) is 6.42. The molecule has 80 valence electrons. The Bertz CT molecular complexity index is 256. The summed E-state index contributed by atoms with van der Waals surface area (Å²) < 4.78 is 0. The van der Waals surface area contributed by atoms with Gasteiger partial charge in [0.1, 0.15) is 5.54 Å². The van der Waals surface area contributed by atoms with E-state index in [9.17, 15) is 9.59 Å². The Morgan fingerprint density at radius 1 is 1.36 bits per heavy atom. The summed E-state index contributed by atoms with van der Waals surface area (Å²) in [7, 11) is 0. The number of hydrogen-bond donors (Lipinski definition) is 1. The predicted molar refractivity (Wildman–Crippen MR) is 51.9 cm³/mol. The number of amides is 1. The third-order valence-electron chi connectivity index (χ3n) is 2.90. The van der Waals surface area contributed by atoms with Gasteiger partial charge in [0.05, 0.1) is 0 Å². The monoisotopic (exact) mass is 199 g/mol. The average Bonchev–Trinajstić information content (AvgIpc) is 1.93. The van der Waals surface area contributed by atoms with Crippen LogP contribution in [0.3, 0.4) is 0 Å². The van der Waals surface area contributed by atoms with Crippen LogP contribution in [-0.2, 0) is 9.59 Å². The van der Waals surface area contributed by atoms with Crippen LogP contribution in [0.5, 0.6) is 0 Å². The molecule has 1 saturated carbocycles. The highest BCUT2D eigenvalue weighted by molar-refractivity contribution is 5.87. The Morgan fingerprint density at radius 2 is 1.86 bits per heavy atom. The van der Waals surface area contributed by atoms with Crippen LogP contribution < -0.4 is 0 Å². The van der Waals surface area contributed by atoms with E-state index in [1.54, 1.807) is 0 Å². The number of carbonyl (C=O) groups is 2. The summed E-state index contributed by atoms with van der Waals surface area (Å²) >= 11 is 0. The van der Waals surface area contributed by atoms with Crippen LogP contribution in [0.4, 0.5) is 0 Å². The van der Waals surface area contributed by atoms with Crippen LogP contribution in [0.15, 0.2) is 0 Å². The maximum atomic E-state index is 11.4. The van der Waals surface area contributed by atoms with Gasteiger partial charge >= 0.3 is 5.97 Å². The number of carboxylic acids is 1. The van der Waals surface area contributed by atoms with E-state index in [0.717, 1.165) is 6.42 Å². The van der Waals surface area contributed by atoms with Crippen molar-refractivity contribution in [1.29, 1.82) is 0 Å². The molecule has 14 heavy (non-hydrogen) atoms. The molecule has 0 aromatic carbocycles. The summed E-state index contributed by atoms with van der Waals surface area (Å²) in [5, 5.41) is 9.16. The Morgan fingerprint density at radius 3 is 1.93 bits per heavy atom. The number of carbonyl (C=O) groups excluding carboxylic acids is 1. The molecule has 1 N–H and O–H groups in total. The van der Waals surface area contributed by atoms with E-state index >= 15 is 0 Å². The molecule has 1 amide bonds. The van der Waals surface area contributed by atoms with Gasteiger partial charge in [0, 0.05) is 13.0 Å². The molecule has 0 saturated heterocycles. The van der Waals surface area contributed by atoms with Crippen LogP contribution in [0, 0.1) is 0 Å². The maximum Gasteiger partial charge on any atom is 0.329 e. The summed E-state index contributed by atoms with van der Waals surface area (Å²) in [6.07, 6.45) is 2.06. The molecule has 0 aromatic heterocycles. The highest BCUT2D eigenvalue weighted by Crippen LogP contribution is 2.39. The first kappa shape index (κ1) is 11.0. The molecular formula is C10H17NO3. The normalized spacial score (nSPS) is 18.9. The van der Waals surface area contributed by atoms with E-state index in [1.807, 2.05) is 13.8 Å². The second-order valence-corrected chi connectivity index (χ2v) is 4.17. The summed E-state index contributed by atoms with van der Waals surface area (Å²) in [6.45, 7) is 5.14. The van der Waals surface area contributed by atoms with Crippen LogP contribution in [0.1, 0.15) is 40.0 Å². The smallest absolute Gasteiger partial charge is 0.329 e. The molecule has 0 aromatic rings. The predicted octanol–water partition coefficient (Wildman–Crippen LogP) is 1.25. The Hall–Kier alpha value is -1.06. The van der Waals surface area contributed by atoms with Crippen molar-refractivity contribution in [1.82, 2.24) is 4.90 Å². The molecule has 4 heteroatoms. The minimum Gasteiger partial charge on any atom is -0.479 e. The zero-order valence-electron chi connectivity index (χ0n) is 8.91. The van der Waals surface area contributed by atoms with Crippen molar-refractivity contribution >= 4 is 11.9 Å². The average molecular weight is 199 g/mol. The molecule has 0 atom stereocenters. The zero-order chi connectivity index (χ0) is 10.9. The third-order valence-corrected chi connectivity index (χ3v) is 2.90. The van der Waals surface area contributed by atoms with Crippen molar-refractivity contribution in [3.8, 4) is 0 Å². The van der Waals surface area contributed by atoms with Crippen molar-refractivity contribution in [2.45, 2.75) is 51.6 Å². The van der Waals surface area contributed by atoms with Gasteiger partial charge in [-0.1, -0.05) is 0 Å². The van der Waals surface area contributed by atoms with Gasteiger partial charge in [-0.05, 0) is 33.1 Å². The zero-order valence-corrected chi connectivity index (χ0v) is 8.91. The lowest BCUT2D eigenvalue weighted by Gasteiger charge is -2.48. The molecule has 1 rings (SSSR count). The van der Waals surface area contributed by atoms with Crippen molar-refractivity contribution in [2.24, 2.45) is 0 Å². The fraction of sp³-hybridized carbons (Fsp3) is 0.800. The summed E-state index contributed by atoms with van der Waals surface area (Å²) in [6, 6.07) is -0.0519. The minimum absolute atomic E-state index is 0.0519. The first-order valence-corrected chi connectivity index (χ1v) is 4.95.